The lowest BCUT2D eigenvalue weighted by Gasteiger charge is -2.08. The van der Waals surface area contributed by atoms with Gasteiger partial charge in [-0.05, 0) is 24.8 Å². The molecular weight excluding hydrogens is 256 g/mol. The highest BCUT2D eigenvalue weighted by Crippen LogP contribution is 2.03. The van der Waals surface area contributed by atoms with Crippen LogP contribution in [0.3, 0.4) is 0 Å². The van der Waals surface area contributed by atoms with Crippen LogP contribution < -0.4 is 5.32 Å². The van der Waals surface area contributed by atoms with Crippen molar-refractivity contribution in [3.05, 3.63) is 30.2 Å². The summed E-state index contributed by atoms with van der Waals surface area (Å²) < 4.78 is 6.75. The number of hydrogen-bond donors (Lipinski definition) is 1. The van der Waals surface area contributed by atoms with Crippen LogP contribution in [0.1, 0.15) is 26.0 Å². The number of nitrogens with one attached hydrogen (secondary N) is 1. The number of ether oxygens (including phenoxy) is 1. The lowest BCUT2D eigenvalue weighted by molar-refractivity contribution is 0.133. The molecule has 2 rings (SSSR count). The molecule has 0 unspecified atom stereocenters. The largest absolute Gasteiger partial charge is 0.449 e. The first-order chi connectivity index (χ1) is 9.65. The van der Waals surface area contributed by atoms with Crippen molar-refractivity contribution in [2.75, 3.05) is 13.2 Å². The molecule has 2 aromatic rings. The molecule has 0 radical (unpaired) electrons. The van der Waals surface area contributed by atoms with Gasteiger partial charge in [0.2, 0.25) is 0 Å². The summed E-state index contributed by atoms with van der Waals surface area (Å²) in [6.45, 7) is 5.05. The minimum absolute atomic E-state index is 0.349. The van der Waals surface area contributed by atoms with E-state index in [0.717, 1.165) is 24.2 Å². The molecule has 0 spiro atoms. The molecule has 2 heterocycles. The maximum absolute atomic E-state index is 11.3. The zero-order valence-electron chi connectivity index (χ0n) is 11.9. The van der Waals surface area contributed by atoms with E-state index >= 15 is 0 Å². The Balaban J connectivity index is 1.69. The van der Waals surface area contributed by atoms with Gasteiger partial charge in [0.25, 0.3) is 0 Å². The van der Waals surface area contributed by atoms with Gasteiger partial charge in [-0.1, -0.05) is 13.8 Å². The van der Waals surface area contributed by atoms with Gasteiger partial charge < -0.3 is 10.1 Å². The number of fused-ring (bicyclic) bond motifs is 1. The van der Waals surface area contributed by atoms with E-state index < -0.39 is 0 Å². The van der Waals surface area contributed by atoms with Crippen molar-refractivity contribution in [1.82, 2.24) is 19.9 Å². The average molecular weight is 276 g/mol. The van der Waals surface area contributed by atoms with E-state index in [4.69, 9.17) is 4.74 Å². The maximum Gasteiger partial charge on any atom is 0.407 e. The lowest BCUT2D eigenvalue weighted by atomic mass is 10.2. The summed E-state index contributed by atoms with van der Waals surface area (Å²) in [5, 5.41) is 6.83. The van der Waals surface area contributed by atoms with Gasteiger partial charge in [-0.2, -0.15) is 5.10 Å². The Labute approximate surface area is 118 Å². The summed E-state index contributed by atoms with van der Waals surface area (Å²) in [6, 6.07) is 3.81. The molecular formula is C14H20N4O2. The molecule has 0 aromatic carbocycles. The summed E-state index contributed by atoms with van der Waals surface area (Å²) in [5.41, 5.74) is 1.84. The molecule has 0 bridgehead atoms. The van der Waals surface area contributed by atoms with Crippen molar-refractivity contribution >= 4 is 11.7 Å². The fourth-order valence-corrected chi connectivity index (χ4v) is 1.74. The quantitative estimate of drug-likeness (QED) is 0.820. The molecule has 0 saturated carbocycles. The van der Waals surface area contributed by atoms with Crippen LogP contribution in [-0.4, -0.2) is 33.8 Å². The van der Waals surface area contributed by atoms with Gasteiger partial charge in [-0.15, -0.1) is 0 Å². The Morgan fingerprint density at radius 3 is 3.10 bits per heavy atom. The first-order valence-corrected chi connectivity index (χ1v) is 6.85. The second kappa shape index (κ2) is 6.88. The van der Waals surface area contributed by atoms with E-state index in [9.17, 15) is 4.79 Å². The zero-order valence-corrected chi connectivity index (χ0v) is 11.9. The lowest BCUT2D eigenvalue weighted by Crippen LogP contribution is -2.26. The van der Waals surface area contributed by atoms with Gasteiger partial charge in [0.15, 0.2) is 5.65 Å². The third-order valence-corrected chi connectivity index (χ3v) is 2.74. The summed E-state index contributed by atoms with van der Waals surface area (Å²) in [6.07, 6.45) is 4.90. The van der Waals surface area contributed by atoms with Crippen LogP contribution in [0.25, 0.3) is 5.65 Å². The molecule has 20 heavy (non-hydrogen) atoms. The molecule has 108 valence electrons. The molecule has 0 aliphatic heterocycles. The molecule has 0 fully saturated rings. The average Bonchev–Trinajstić information content (AvgIpc) is 2.88. The van der Waals surface area contributed by atoms with Gasteiger partial charge in [0.05, 0.1) is 12.8 Å². The fourth-order valence-electron chi connectivity index (χ4n) is 1.74. The van der Waals surface area contributed by atoms with Crippen molar-refractivity contribution in [3.63, 3.8) is 0 Å². The number of amides is 1. The van der Waals surface area contributed by atoms with Crippen LogP contribution >= 0.6 is 0 Å². The molecule has 6 heteroatoms. The second-order valence-corrected chi connectivity index (χ2v) is 5.08. The number of aryl methyl sites for hydroxylation is 1. The van der Waals surface area contributed by atoms with Crippen molar-refractivity contribution < 1.29 is 9.53 Å². The van der Waals surface area contributed by atoms with E-state index in [-0.39, 0.29) is 6.09 Å². The number of hydrogen-bond acceptors (Lipinski definition) is 4. The topological polar surface area (TPSA) is 68.5 Å². The van der Waals surface area contributed by atoms with Gasteiger partial charge in [-0.3, -0.25) is 0 Å². The van der Waals surface area contributed by atoms with Crippen molar-refractivity contribution in [1.29, 1.82) is 0 Å². The highest BCUT2D eigenvalue weighted by molar-refractivity contribution is 5.67. The Hall–Kier alpha value is -2.11. The number of alkyl carbamates (subject to hydrolysis) is 1. The second-order valence-electron chi connectivity index (χ2n) is 5.08. The number of rotatable bonds is 6. The van der Waals surface area contributed by atoms with E-state index in [1.807, 2.05) is 32.2 Å². The van der Waals surface area contributed by atoms with Crippen molar-refractivity contribution in [2.24, 2.45) is 5.92 Å². The highest BCUT2D eigenvalue weighted by Gasteiger charge is 2.03. The summed E-state index contributed by atoms with van der Waals surface area (Å²) >= 11 is 0. The predicted molar refractivity (Wildman–Crippen MR) is 75.5 cm³/mol. The normalized spacial score (nSPS) is 10.9. The van der Waals surface area contributed by atoms with Gasteiger partial charge in [0.1, 0.15) is 0 Å². The number of nitrogens with zero attached hydrogens (tertiary/aromatic N) is 3. The molecule has 0 aliphatic carbocycles. The Morgan fingerprint density at radius 2 is 2.30 bits per heavy atom. The predicted octanol–water partition coefficient (Wildman–Crippen LogP) is 2.04. The standard InChI is InChI=1S/C14H20N4O2/c1-11(2)10-20-14(19)15-7-3-4-12-6-9-18-13(17-12)5-8-16-18/h5-6,8-9,11H,3-4,7,10H2,1-2H3,(H,15,19). The van der Waals surface area contributed by atoms with Gasteiger partial charge in [-0.25, -0.2) is 14.3 Å². The molecule has 0 atom stereocenters. The smallest absolute Gasteiger partial charge is 0.407 e. The minimum Gasteiger partial charge on any atom is -0.449 e. The Kier molecular flexibility index (Phi) is 4.92. The first kappa shape index (κ1) is 14.3. The summed E-state index contributed by atoms with van der Waals surface area (Å²) in [7, 11) is 0. The molecule has 2 aromatic heterocycles. The highest BCUT2D eigenvalue weighted by atomic mass is 16.5. The van der Waals surface area contributed by atoms with E-state index in [1.165, 1.54) is 0 Å². The monoisotopic (exact) mass is 276 g/mol. The fraction of sp³-hybridized carbons (Fsp3) is 0.500. The van der Waals surface area contributed by atoms with Crippen LogP contribution in [0.4, 0.5) is 4.79 Å². The van der Waals surface area contributed by atoms with Crippen LogP contribution in [0.2, 0.25) is 0 Å². The van der Waals surface area contributed by atoms with Crippen LogP contribution in [0.5, 0.6) is 0 Å². The van der Waals surface area contributed by atoms with Crippen molar-refractivity contribution in [3.8, 4) is 0 Å². The third-order valence-electron chi connectivity index (χ3n) is 2.74. The number of aromatic nitrogens is 3. The first-order valence-electron chi connectivity index (χ1n) is 6.85. The van der Waals surface area contributed by atoms with Crippen LogP contribution in [0, 0.1) is 5.92 Å². The molecule has 1 amide bonds. The SMILES string of the molecule is CC(C)COC(=O)NCCCc1ccn2nccc2n1. The number of carbonyl (C=O) groups is 1. The number of carbonyl (C=O) groups excluding carboxylic acids is 1. The van der Waals surface area contributed by atoms with Gasteiger partial charge >= 0.3 is 6.09 Å². The minimum atomic E-state index is -0.349. The van der Waals surface area contributed by atoms with Crippen LogP contribution in [-0.2, 0) is 11.2 Å². The van der Waals surface area contributed by atoms with Gasteiger partial charge in [0, 0.05) is 24.5 Å². The Bertz CT molecular complexity index is 565. The molecule has 0 aliphatic rings. The van der Waals surface area contributed by atoms with E-state index in [1.54, 1.807) is 10.7 Å². The molecule has 1 N–H and O–H groups in total. The summed E-state index contributed by atoms with van der Waals surface area (Å²) in [4.78, 5) is 15.8. The summed E-state index contributed by atoms with van der Waals surface area (Å²) in [5.74, 6) is 0.354. The zero-order chi connectivity index (χ0) is 14.4. The maximum atomic E-state index is 11.3. The third kappa shape index (κ3) is 4.22. The van der Waals surface area contributed by atoms with Crippen molar-refractivity contribution in [2.45, 2.75) is 26.7 Å². The van der Waals surface area contributed by atoms with E-state index in [0.29, 0.717) is 19.1 Å². The molecule has 6 nitrogen and oxygen atoms in total. The van der Waals surface area contributed by atoms with E-state index in [2.05, 4.69) is 15.4 Å². The van der Waals surface area contributed by atoms with Crippen LogP contribution in [0.15, 0.2) is 24.5 Å². The molecule has 0 saturated heterocycles. The Morgan fingerprint density at radius 1 is 1.45 bits per heavy atom.